The molecule has 0 radical (unpaired) electrons. The number of ether oxygens (including phenoxy) is 4. The van der Waals surface area contributed by atoms with Crippen molar-refractivity contribution in [3.8, 4) is 0 Å². The predicted octanol–water partition coefficient (Wildman–Crippen LogP) is 18.7. The van der Waals surface area contributed by atoms with Crippen LogP contribution in [0.5, 0.6) is 0 Å². The molecule has 0 atom stereocenters. The first-order chi connectivity index (χ1) is 36.8. The Hall–Kier alpha value is -2.94. The van der Waals surface area contributed by atoms with E-state index in [4.69, 9.17) is 18.9 Å². The molecule has 436 valence electrons. The normalized spacial score (nSPS) is 13.2. The Morgan fingerprint density at radius 3 is 0.813 bits per heavy atom. The van der Waals surface area contributed by atoms with E-state index in [0.717, 1.165) is 142 Å². The van der Waals surface area contributed by atoms with Gasteiger partial charge >= 0.3 is 23.9 Å². The quantitative estimate of drug-likeness (QED) is 0.0255. The molecule has 9 heteroatoms. The van der Waals surface area contributed by atoms with Gasteiger partial charge in [-0.15, -0.1) is 0 Å². The zero-order valence-electron chi connectivity index (χ0n) is 49.4. The smallest absolute Gasteiger partial charge is 0.307 e. The third-order valence-corrected chi connectivity index (χ3v) is 14.9. The van der Waals surface area contributed by atoms with Gasteiger partial charge in [0.15, 0.2) is 0 Å². The highest BCUT2D eigenvalue weighted by Crippen LogP contribution is 2.24. The lowest BCUT2D eigenvalue weighted by molar-refractivity contribution is -0.170. The van der Waals surface area contributed by atoms with E-state index in [1.807, 2.05) is 0 Å². The number of hydrogen-bond donors (Lipinski definition) is 0. The van der Waals surface area contributed by atoms with Crippen molar-refractivity contribution in [1.29, 1.82) is 0 Å². The fraction of sp³-hybridized carbons (Fsp3) is 0.848. The summed E-state index contributed by atoms with van der Waals surface area (Å²) in [4.78, 5) is 55.2. The van der Waals surface area contributed by atoms with Gasteiger partial charge in [0, 0.05) is 25.8 Å². The van der Waals surface area contributed by atoms with E-state index >= 15 is 0 Å². The van der Waals surface area contributed by atoms with Gasteiger partial charge in [-0.05, 0) is 122 Å². The summed E-state index contributed by atoms with van der Waals surface area (Å²) >= 11 is 0. The predicted molar refractivity (Wildman–Crippen MR) is 315 cm³/mol. The molecule has 9 nitrogen and oxygen atoms in total. The first kappa shape index (κ1) is 70.1. The van der Waals surface area contributed by atoms with Gasteiger partial charge in [-0.2, -0.15) is 0 Å². The van der Waals surface area contributed by atoms with Crippen molar-refractivity contribution in [1.82, 2.24) is 4.90 Å². The van der Waals surface area contributed by atoms with E-state index in [1.165, 1.54) is 135 Å². The molecule has 0 amide bonds. The van der Waals surface area contributed by atoms with Crippen LogP contribution in [0.3, 0.4) is 0 Å². The third kappa shape index (κ3) is 48.0. The number of esters is 4. The van der Waals surface area contributed by atoms with Gasteiger partial charge in [0.2, 0.25) is 0 Å². The molecule has 1 saturated heterocycles. The van der Waals surface area contributed by atoms with Crippen LogP contribution in [0, 0.1) is 5.41 Å². The van der Waals surface area contributed by atoms with E-state index in [2.05, 4.69) is 62.1 Å². The molecule has 0 bridgehead atoms. The number of carbonyl (C=O) groups excluding carboxylic acids is 4. The van der Waals surface area contributed by atoms with E-state index < -0.39 is 5.41 Å². The number of allylic oxidation sites excluding steroid dienone is 6. The van der Waals surface area contributed by atoms with Crippen LogP contribution in [0.1, 0.15) is 310 Å². The van der Waals surface area contributed by atoms with Crippen molar-refractivity contribution in [2.45, 2.75) is 310 Å². The van der Waals surface area contributed by atoms with Crippen LogP contribution >= 0.6 is 0 Å². The van der Waals surface area contributed by atoms with Gasteiger partial charge in [0.1, 0.15) is 31.8 Å². The van der Waals surface area contributed by atoms with Gasteiger partial charge in [-0.1, -0.05) is 211 Å². The van der Waals surface area contributed by atoms with Crippen molar-refractivity contribution < 1.29 is 38.1 Å². The Morgan fingerprint density at radius 1 is 0.320 bits per heavy atom. The van der Waals surface area contributed by atoms with Gasteiger partial charge < -0.3 is 23.8 Å². The van der Waals surface area contributed by atoms with Crippen LogP contribution in [0.4, 0.5) is 0 Å². The van der Waals surface area contributed by atoms with Crippen LogP contribution in [0.2, 0.25) is 0 Å². The maximum absolute atomic E-state index is 13.3. The Kier molecular flexibility index (Phi) is 50.8. The lowest BCUT2D eigenvalue weighted by Gasteiger charge is -2.31. The molecule has 75 heavy (non-hydrogen) atoms. The lowest BCUT2D eigenvalue weighted by Crippen LogP contribution is -2.44. The molecular weight excluding hydrogens is 935 g/mol. The summed E-state index contributed by atoms with van der Waals surface area (Å²) < 4.78 is 23.6. The highest BCUT2D eigenvalue weighted by molar-refractivity contribution is 5.71. The third-order valence-electron chi connectivity index (χ3n) is 14.9. The number of likely N-dealkylation sites (tertiary alicyclic amines) is 1. The van der Waals surface area contributed by atoms with Crippen molar-refractivity contribution in [3.05, 3.63) is 36.5 Å². The fourth-order valence-electron chi connectivity index (χ4n) is 9.75. The molecule has 0 aromatic heterocycles. The molecular formula is C66H119NO8. The Balaban J connectivity index is 2.74. The zero-order valence-corrected chi connectivity index (χ0v) is 49.4. The minimum atomic E-state index is -1.22. The standard InChI is InChI=1S/C66H119NO8/c1-4-7-10-13-16-19-22-25-28-31-34-37-40-43-46-51-62(68)72-58-66(61-75-65(71)54-57-67-55-49-50-56-67,59-73-63(69)52-47-44-41-38-35-32-29-26-23-20-17-14-11-8-5-2)60-74-64(70)53-48-45-42-39-36-33-30-27-24-21-18-15-12-9-6-3/h25-30H,4-24,31-61H2,1-3H3/b28-25-,29-26-,30-27-. The topological polar surface area (TPSA) is 108 Å². The van der Waals surface area contributed by atoms with Crippen molar-refractivity contribution in [2.75, 3.05) is 46.1 Å². The Labute approximate surface area is 462 Å². The Morgan fingerprint density at radius 2 is 0.547 bits per heavy atom. The average Bonchev–Trinajstić information content (AvgIpc) is 3.95. The number of unbranched alkanes of at least 4 members (excludes halogenated alkanes) is 33. The second-order valence-corrected chi connectivity index (χ2v) is 22.4. The van der Waals surface area contributed by atoms with Crippen LogP contribution < -0.4 is 0 Å². The maximum atomic E-state index is 13.3. The minimum Gasteiger partial charge on any atom is -0.465 e. The van der Waals surface area contributed by atoms with Gasteiger partial charge in [-0.3, -0.25) is 19.2 Å². The van der Waals surface area contributed by atoms with Crippen molar-refractivity contribution in [3.63, 3.8) is 0 Å². The molecule has 0 unspecified atom stereocenters. The number of carbonyl (C=O) groups is 4. The highest BCUT2D eigenvalue weighted by atomic mass is 16.6. The molecule has 0 saturated carbocycles. The molecule has 0 spiro atoms. The van der Waals surface area contributed by atoms with Crippen LogP contribution in [0.15, 0.2) is 36.5 Å². The van der Waals surface area contributed by atoms with Crippen LogP contribution in [0.25, 0.3) is 0 Å². The van der Waals surface area contributed by atoms with E-state index in [0.29, 0.717) is 6.54 Å². The summed E-state index contributed by atoms with van der Waals surface area (Å²) in [7, 11) is 0. The molecule has 1 rings (SSSR count). The summed E-state index contributed by atoms with van der Waals surface area (Å²) in [5.41, 5.74) is -1.22. The summed E-state index contributed by atoms with van der Waals surface area (Å²) in [6.45, 7) is 8.61. The molecule has 1 aliphatic heterocycles. The van der Waals surface area contributed by atoms with Gasteiger partial charge in [0.05, 0.1) is 6.42 Å². The Bertz CT molecular complexity index is 1270. The first-order valence-electron chi connectivity index (χ1n) is 32.1. The summed E-state index contributed by atoms with van der Waals surface area (Å²) in [6.07, 6.45) is 63.1. The molecule has 0 N–H and O–H groups in total. The van der Waals surface area contributed by atoms with Crippen molar-refractivity contribution >= 4 is 23.9 Å². The molecule has 1 heterocycles. The van der Waals surface area contributed by atoms with Gasteiger partial charge in [0.25, 0.3) is 0 Å². The number of rotatable bonds is 56. The maximum Gasteiger partial charge on any atom is 0.307 e. The minimum absolute atomic E-state index is 0.183. The molecule has 0 aromatic rings. The average molecular weight is 1050 g/mol. The zero-order chi connectivity index (χ0) is 54.2. The van der Waals surface area contributed by atoms with Gasteiger partial charge in [-0.25, -0.2) is 0 Å². The van der Waals surface area contributed by atoms with E-state index in [1.54, 1.807) is 0 Å². The number of nitrogens with zero attached hydrogens (tertiary/aromatic N) is 1. The van der Waals surface area contributed by atoms with E-state index in [-0.39, 0.29) is 76.0 Å². The SMILES string of the molecule is CCCCCCCC/C=C\CCCCCCCC(=O)OCC(COC(=O)CCCCCCC/C=C\CCCCCCCC)(COC(=O)CCCCCCC/C=C\CCCCCCCC)COC(=O)CCN1CCCC1. The molecule has 0 aromatic carbocycles. The highest BCUT2D eigenvalue weighted by Gasteiger charge is 2.38. The first-order valence-corrected chi connectivity index (χ1v) is 32.1. The second kappa shape index (κ2) is 54.4. The summed E-state index contributed by atoms with van der Waals surface area (Å²) in [6, 6.07) is 0. The van der Waals surface area contributed by atoms with Crippen molar-refractivity contribution in [2.24, 2.45) is 5.41 Å². The lowest BCUT2D eigenvalue weighted by atomic mass is 9.92. The molecule has 0 aliphatic carbocycles. The van der Waals surface area contributed by atoms with Crippen LogP contribution in [-0.2, 0) is 38.1 Å². The summed E-state index contributed by atoms with van der Waals surface area (Å²) in [5.74, 6) is -1.42. The second-order valence-electron chi connectivity index (χ2n) is 22.4. The largest absolute Gasteiger partial charge is 0.465 e. The molecule has 1 fully saturated rings. The monoisotopic (exact) mass is 1050 g/mol. The number of hydrogen-bond acceptors (Lipinski definition) is 9. The fourth-order valence-corrected chi connectivity index (χ4v) is 9.75. The van der Waals surface area contributed by atoms with Crippen LogP contribution in [-0.4, -0.2) is 74.8 Å². The summed E-state index contributed by atoms with van der Waals surface area (Å²) in [5, 5.41) is 0. The van der Waals surface area contributed by atoms with E-state index in [9.17, 15) is 19.2 Å². The molecule has 1 aliphatic rings.